The zero-order valence-corrected chi connectivity index (χ0v) is 11.9. The summed E-state index contributed by atoms with van der Waals surface area (Å²) >= 11 is 0. The Labute approximate surface area is 124 Å². The van der Waals surface area contributed by atoms with E-state index >= 15 is 0 Å². The van der Waals surface area contributed by atoms with E-state index in [1.807, 2.05) is 0 Å². The molecule has 1 aromatic carbocycles. The van der Waals surface area contributed by atoms with Gasteiger partial charge in [0.15, 0.2) is 0 Å². The first-order chi connectivity index (χ1) is 10.5. The van der Waals surface area contributed by atoms with Crippen molar-refractivity contribution in [3.63, 3.8) is 0 Å². The second-order valence-corrected chi connectivity index (χ2v) is 5.04. The molecular weight excluding hydrogens is 287 g/mol. The Hall–Kier alpha value is -2.96. The summed E-state index contributed by atoms with van der Waals surface area (Å²) in [7, 11) is 0. The SMILES string of the molecule is C=C(C)Cn1nc2c(=O)n(-c3cccc(F)c3)ccn2c1=O. The molecule has 0 saturated carbocycles. The van der Waals surface area contributed by atoms with Gasteiger partial charge in [0, 0.05) is 12.4 Å². The minimum atomic E-state index is -0.495. The van der Waals surface area contributed by atoms with Gasteiger partial charge in [-0.15, -0.1) is 5.10 Å². The number of fused-ring (bicyclic) bond motifs is 1. The number of hydrogen-bond donors (Lipinski definition) is 0. The topological polar surface area (TPSA) is 61.3 Å². The van der Waals surface area contributed by atoms with Gasteiger partial charge in [0.25, 0.3) is 0 Å². The molecule has 22 heavy (non-hydrogen) atoms. The molecule has 0 N–H and O–H groups in total. The number of allylic oxidation sites excluding steroid dienone is 1. The van der Waals surface area contributed by atoms with Gasteiger partial charge in [-0.3, -0.25) is 9.36 Å². The number of hydrogen-bond acceptors (Lipinski definition) is 3. The summed E-state index contributed by atoms with van der Waals surface area (Å²) in [6.45, 7) is 5.73. The highest BCUT2D eigenvalue weighted by atomic mass is 19.1. The van der Waals surface area contributed by atoms with Gasteiger partial charge in [0.1, 0.15) is 5.82 Å². The first kappa shape index (κ1) is 14.0. The highest BCUT2D eigenvalue weighted by molar-refractivity contribution is 5.40. The van der Waals surface area contributed by atoms with Crippen molar-refractivity contribution < 1.29 is 4.39 Å². The molecule has 0 fully saturated rings. The number of halogens is 1. The molecule has 0 bridgehead atoms. The van der Waals surface area contributed by atoms with E-state index in [1.54, 1.807) is 13.0 Å². The molecular formula is C15H13FN4O2. The maximum Gasteiger partial charge on any atom is 0.350 e. The summed E-state index contributed by atoms with van der Waals surface area (Å²) in [4.78, 5) is 24.6. The number of benzene rings is 1. The number of aromatic nitrogens is 4. The molecule has 7 heteroatoms. The smallest absolute Gasteiger partial charge is 0.279 e. The average Bonchev–Trinajstić information content (AvgIpc) is 2.77. The molecule has 0 aliphatic rings. The summed E-state index contributed by atoms with van der Waals surface area (Å²) in [5.74, 6) is -0.450. The molecule has 6 nitrogen and oxygen atoms in total. The van der Waals surface area contributed by atoms with Crippen LogP contribution in [-0.2, 0) is 6.54 Å². The van der Waals surface area contributed by atoms with Gasteiger partial charge < -0.3 is 0 Å². The maximum absolute atomic E-state index is 13.3. The van der Waals surface area contributed by atoms with Crippen molar-refractivity contribution in [3.8, 4) is 5.69 Å². The van der Waals surface area contributed by atoms with Crippen LogP contribution in [-0.4, -0.2) is 18.7 Å². The van der Waals surface area contributed by atoms with Crippen molar-refractivity contribution in [1.82, 2.24) is 18.7 Å². The van der Waals surface area contributed by atoms with E-state index in [9.17, 15) is 14.0 Å². The summed E-state index contributed by atoms with van der Waals surface area (Å²) in [5.41, 5.74) is 0.190. The van der Waals surface area contributed by atoms with Crippen LogP contribution in [0.15, 0.2) is 58.4 Å². The van der Waals surface area contributed by atoms with Crippen molar-refractivity contribution in [2.45, 2.75) is 13.5 Å². The molecule has 2 aromatic heterocycles. The summed E-state index contributed by atoms with van der Waals surface area (Å²) < 4.78 is 16.9. The lowest BCUT2D eigenvalue weighted by Crippen LogP contribution is -2.24. The Balaban J connectivity index is 2.24. The second kappa shape index (κ2) is 5.10. The third-order valence-corrected chi connectivity index (χ3v) is 3.15. The van der Waals surface area contributed by atoms with Gasteiger partial charge in [-0.2, -0.15) is 0 Å². The first-order valence-corrected chi connectivity index (χ1v) is 6.58. The lowest BCUT2D eigenvalue weighted by atomic mass is 10.3. The Kier molecular flexibility index (Phi) is 3.25. The fourth-order valence-electron chi connectivity index (χ4n) is 2.20. The number of rotatable bonds is 3. The van der Waals surface area contributed by atoms with Gasteiger partial charge in [0.2, 0.25) is 5.65 Å². The lowest BCUT2D eigenvalue weighted by molar-refractivity contribution is 0.626. The standard InChI is InChI=1S/C15H13FN4O2/c1-10(2)9-20-15(22)19-7-6-18(14(21)13(19)17-20)12-5-3-4-11(16)8-12/h3-8H,1,9H2,2H3. The van der Waals surface area contributed by atoms with Crippen LogP contribution in [0, 0.1) is 5.82 Å². The molecule has 0 radical (unpaired) electrons. The molecule has 3 aromatic rings. The van der Waals surface area contributed by atoms with E-state index in [2.05, 4.69) is 11.7 Å². The van der Waals surface area contributed by atoms with Gasteiger partial charge in [0.05, 0.1) is 12.2 Å². The van der Waals surface area contributed by atoms with E-state index in [0.29, 0.717) is 5.69 Å². The van der Waals surface area contributed by atoms with Crippen molar-refractivity contribution in [3.05, 3.63) is 75.5 Å². The molecule has 112 valence electrons. The Bertz CT molecular complexity index is 997. The molecule has 0 aliphatic heterocycles. The van der Waals surface area contributed by atoms with Crippen molar-refractivity contribution in [2.24, 2.45) is 0 Å². The van der Waals surface area contributed by atoms with Crippen LogP contribution in [0.25, 0.3) is 11.3 Å². The Morgan fingerprint density at radius 3 is 2.77 bits per heavy atom. The zero-order chi connectivity index (χ0) is 15.9. The molecule has 2 heterocycles. The van der Waals surface area contributed by atoms with Crippen LogP contribution < -0.4 is 11.2 Å². The molecule has 0 unspecified atom stereocenters. The van der Waals surface area contributed by atoms with Crippen molar-refractivity contribution in [2.75, 3.05) is 0 Å². The molecule has 0 aliphatic carbocycles. The Morgan fingerprint density at radius 2 is 2.09 bits per heavy atom. The molecule has 3 rings (SSSR count). The minimum Gasteiger partial charge on any atom is -0.279 e. The lowest BCUT2D eigenvalue weighted by Gasteiger charge is -2.04. The van der Waals surface area contributed by atoms with Gasteiger partial charge >= 0.3 is 11.2 Å². The van der Waals surface area contributed by atoms with Crippen LogP contribution in [0.1, 0.15) is 6.92 Å². The third kappa shape index (κ3) is 2.26. The summed E-state index contributed by atoms with van der Waals surface area (Å²) in [6, 6.07) is 5.64. The third-order valence-electron chi connectivity index (χ3n) is 3.15. The summed E-state index contributed by atoms with van der Waals surface area (Å²) in [6.07, 6.45) is 2.85. The van der Waals surface area contributed by atoms with E-state index < -0.39 is 17.1 Å². The van der Waals surface area contributed by atoms with Gasteiger partial charge in [-0.1, -0.05) is 18.2 Å². The van der Waals surface area contributed by atoms with Crippen LogP contribution in [0.4, 0.5) is 4.39 Å². The predicted octanol–water partition coefficient (Wildman–Crippen LogP) is 1.36. The van der Waals surface area contributed by atoms with Crippen molar-refractivity contribution >= 4 is 5.65 Å². The second-order valence-electron chi connectivity index (χ2n) is 5.04. The van der Waals surface area contributed by atoms with Crippen LogP contribution in [0.3, 0.4) is 0 Å². The monoisotopic (exact) mass is 300 g/mol. The zero-order valence-electron chi connectivity index (χ0n) is 11.9. The van der Waals surface area contributed by atoms with Crippen LogP contribution in [0.5, 0.6) is 0 Å². The van der Waals surface area contributed by atoms with Gasteiger partial charge in [-0.25, -0.2) is 18.3 Å². The minimum absolute atomic E-state index is 0.0157. The normalized spacial score (nSPS) is 11.0. The highest BCUT2D eigenvalue weighted by Crippen LogP contribution is 2.07. The molecule has 0 saturated heterocycles. The quantitative estimate of drug-likeness (QED) is 0.686. The predicted molar refractivity (Wildman–Crippen MR) is 79.8 cm³/mol. The molecule has 0 amide bonds. The van der Waals surface area contributed by atoms with E-state index in [1.165, 1.54) is 44.2 Å². The highest BCUT2D eigenvalue weighted by Gasteiger charge is 2.12. The maximum atomic E-state index is 13.3. The molecule has 0 spiro atoms. The van der Waals surface area contributed by atoms with E-state index in [-0.39, 0.29) is 12.2 Å². The largest absolute Gasteiger partial charge is 0.350 e. The van der Waals surface area contributed by atoms with E-state index in [0.717, 1.165) is 5.57 Å². The van der Waals surface area contributed by atoms with Crippen LogP contribution >= 0.6 is 0 Å². The van der Waals surface area contributed by atoms with Gasteiger partial charge in [-0.05, 0) is 25.1 Å². The Morgan fingerprint density at radius 1 is 1.32 bits per heavy atom. The summed E-state index contributed by atoms with van der Waals surface area (Å²) in [5, 5.41) is 4.04. The number of nitrogens with zero attached hydrogens (tertiary/aromatic N) is 4. The van der Waals surface area contributed by atoms with Crippen LogP contribution in [0.2, 0.25) is 0 Å². The average molecular weight is 300 g/mol. The first-order valence-electron chi connectivity index (χ1n) is 6.58. The fraction of sp³-hybridized carbons (Fsp3) is 0.133. The molecule has 0 atom stereocenters. The van der Waals surface area contributed by atoms with E-state index in [4.69, 9.17) is 0 Å². The van der Waals surface area contributed by atoms with Crippen molar-refractivity contribution in [1.29, 1.82) is 0 Å². The fourth-order valence-corrected chi connectivity index (χ4v) is 2.20.